The Bertz CT molecular complexity index is 1070. The molecule has 140 valence electrons. The highest BCUT2D eigenvalue weighted by Gasteiger charge is 2.17. The number of carboxylic acids is 1. The monoisotopic (exact) mass is 371 g/mol. The lowest BCUT2D eigenvalue weighted by molar-refractivity contribution is -0.307. The number of fused-ring (bicyclic) bond motifs is 1. The zero-order valence-electron chi connectivity index (χ0n) is 14.7. The average Bonchev–Trinajstić information content (AvgIpc) is 2.64. The SMILES string of the molecule is CCc1cc2c(=O)c(Oc3ccccc3F)c(C)oc2cc1OCC(=O)[O-]. The molecule has 0 N–H and O–H groups in total. The first-order valence-corrected chi connectivity index (χ1v) is 8.26. The van der Waals surface area contributed by atoms with Gasteiger partial charge in [0.25, 0.3) is 0 Å². The van der Waals surface area contributed by atoms with Gasteiger partial charge in [0, 0.05) is 6.07 Å². The number of rotatable bonds is 6. The number of benzene rings is 2. The van der Waals surface area contributed by atoms with Crippen molar-refractivity contribution in [3.05, 3.63) is 63.8 Å². The molecule has 0 fully saturated rings. The second-order valence-electron chi connectivity index (χ2n) is 5.82. The fraction of sp³-hybridized carbons (Fsp3) is 0.200. The first-order chi connectivity index (χ1) is 12.9. The van der Waals surface area contributed by atoms with Gasteiger partial charge in [0.2, 0.25) is 11.2 Å². The number of aliphatic carboxylic acids is 1. The molecule has 1 heterocycles. The molecule has 0 saturated carbocycles. The van der Waals surface area contributed by atoms with Crippen LogP contribution < -0.4 is 20.0 Å². The van der Waals surface area contributed by atoms with Gasteiger partial charge in [0.1, 0.15) is 23.7 Å². The summed E-state index contributed by atoms with van der Waals surface area (Å²) in [5, 5.41) is 10.9. The van der Waals surface area contributed by atoms with Crippen LogP contribution in [0.25, 0.3) is 11.0 Å². The van der Waals surface area contributed by atoms with Crippen LogP contribution in [-0.4, -0.2) is 12.6 Å². The van der Waals surface area contributed by atoms with Crippen molar-refractivity contribution in [2.45, 2.75) is 20.3 Å². The Balaban J connectivity index is 2.10. The Morgan fingerprint density at radius 2 is 1.96 bits per heavy atom. The third-order valence-electron chi connectivity index (χ3n) is 3.97. The topological polar surface area (TPSA) is 88.8 Å². The molecule has 0 atom stereocenters. The van der Waals surface area contributed by atoms with Crippen LogP contribution in [0.15, 0.2) is 45.6 Å². The van der Waals surface area contributed by atoms with Crippen molar-refractivity contribution in [1.82, 2.24) is 0 Å². The number of ether oxygens (including phenoxy) is 2. The van der Waals surface area contributed by atoms with E-state index in [4.69, 9.17) is 13.9 Å². The van der Waals surface area contributed by atoms with Gasteiger partial charge in [-0.1, -0.05) is 19.1 Å². The summed E-state index contributed by atoms with van der Waals surface area (Å²) in [6.07, 6.45) is 0.495. The number of carbonyl (C=O) groups excluding carboxylic acids is 1. The van der Waals surface area contributed by atoms with E-state index in [1.54, 1.807) is 12.1 Å². The fourth-order valence-corrected chi connectivity index (χ4v) is 2.66. The average molecular weight is 371 g/mol. The van der Waals surface area contributed by atoms with Crippen LogP contribution in [0.3, 0.4) is 0 Å². The molecule has 0 spiro atoms. The minimum Gasteiger partial charge on any atom is -0.546 e. The Hall–Kier alpha value is -3.35. The molecule has 6 nitrogen and oxygen atoms in total. The van der Waals surface area contributed by atoms with Crippen LogP contribution in [-0.2, 0) is 11.2 Å². The van der Waals surface area contributed by atoms with Gasteiger partial charge in [-0.2, -0.15) is 0 Å². The standard InChI is InChI=1S/C20H17FO6/c1-3-12-8-13-17(9-16(12)25-10-18(22)23)26-11(2)20(19(13)24)27-15-7-5-4-6-14(15)21/h4-9H,3,10H2,1-2H3,(H,22,23)/p-1. The second kappa shape index (κ2) is 7.49. The maximum atomic E-state index is 13.8. The summed E-state index contributed by atoms with van der Waals surface area (Å²) in [6.45, 7) is 2.74. The van der Waals surface area contributed by atoms with Crippen molar-refractivity contribution in [1.29, 1.82) is 0 Å². The smallest absolute Gasteiger partial charge is 0.235 e. The number of para-hydroxylation sites is 1. The lowest BCUT2D eigenvalue weighted by Gasteiger charge is -2.13. The van der Waals surface area contributed by atoms with E-state index in [0.717, 1.165) is 0 Å². The van der Waals surface area contributed by atoms with Gasteiger partial charge >= 0.3 is 0 Å². The Kier molecular flexibility index (Phi) is 5.12. The van der Waals surface area contributed by atoms with Gasteiger partial charge in [-0.25, -0.2) is 4.39 Å². The number of halogens is 1. The van der Waals surface area contributed by atoms with Crippen molar-refractivity contribution in [3.63, 3.8) is 0 Å². The van der Waals surface area contributed by atoms with Gasteiger partial charge in [0.15, 0.2) is 11.6 Å². The van der Waals surface area contributed by atoms with Crippen LogP contribution in [0.5, 0.6) is 17.2 Å². The normalized spacial score (nSPS) is 10.8. The van der Waals surface area contributed by atoms with Gasteiger partial charge in [-0.05, 0) is 37.1 Å². The van der Waals surface area contributed by atoms with Crippen LogP contribution >= 0.6 is 0 Å². The molecule has 27 heavy (non-hydrogen) atoms. The van der Waals surface area contributed by atoms with Crippen LogP contribution in [0.1, 0.15) is 18.2 Å². The molecule has 7 heteroatoms. The highest BCUT2D eigenvalue weighted by atomic mass is 19.1. The van der Waals surface area contributed by atoms with E-state index in [1.807, 2.05) is 6.92 Å². The van der Waals surface area contributed by atoms with Crippen LogP contribution in [0, 0.1) is 12.7 Å². The molecule has 3 rings (SSSR count). The largest absolute Gasteiger partial charge is 0.546 e. The predicted octanol–water partition coefficient (Wildman–Crippen LogP) is 2.72. The van der Waals surface area contributed by atoms with Crippen molar-refractivity contribution < 1.29 is 28.2 Å². The quantitative estimate of drug-likeness (QED) is 0.662. The Morgan fingerprint density at radius 3 is 2.63 bits per heavy atom. The van der Waals surface area contributed by atoms with E-state index >= 15 is 0 Å². The third kappa shape index (κ3) is 3.76. The number of aryl methyl sites for hydroxylation is 2. The fourth-order valence-electron chi connectivity index (χ4n) is 2.66. The summed E-state index contributed by atoms with van der Waals surface area (Å²) < 4.78 is 30.2. The summed E-state index contributed by atoms with van der Waals surface area (Å²) in [4.78, 5) is 23.5. The summed E-state index contributed by atoms with van der Waals surface area (Å²) >= 11 is 0. The van der Waals surface area contributed by atoms with E-state index < -0.39 is 23.8 Å². The van der Waals surface area contributed by atoms with Crippen molar-refractivity contribution in [2.24, 2.45) is 0 Å². The molecule has 3 aromatic rings. The van der Waals surface area contributed by atoms with E-state index in [0.29, 0.717) is 17.7 Å². The molecule has 0 aliphatic rings. The predicted molar refractivity (Wildman–Crippen MR) is 93.6 cm³/mol. The molecular weight excluding hydrogens is 355 g/mol. The summed E-state index contributed by atoms with van der Waals surface area (Å²) in [7, 11) is 0. The second-order valence-corrected chi connectivity index (χ2v) is 5.82. The molecular formula is C20H16FO6-. The molecule has 0 aliphatic heterocycles. The maximum Gasteiger partial charge on any atom is 0.235 e. The minimum absolute atomic E-state index is 0.0862. The van der Waals surface area contributed by atoms with Crippen LogP contribution in [0.4, 0.5) is 4.39 Å². The van der Waals surface area contributed by atoms with Crippen molar-refractivity contribution in [2.75, 3.05) is 6.61 Å². The van der Waals surface area contributed by atoms with Gasteiger partial charge in [0.05, 0.1) is 11.4 Å². The highest BCUT2D eigenvalue weighted by Crippen LogP contribution is 2.30. The van der Waals surface area contributed by atoms with Crippen molar-refractivity contribution in [3.8, 4) is 17.2 Å². The molecule has 0 amide bonds. The molecule has 0 saturated heterocycles. The highest BCUT2D eigenvalue weighted by molar-refractivity contribution is 5.81. The van der Waals surface area contributed by atoms with E-state index in [9.17, 15) is 19.1 Å². The maximum absolute atomic E-state index is 13.8. The molecule has 0 bridgehead atoms. The summed E-state index contributed by atoms with van der Waals surface area (Å²) in [5.41, 5.74) is 0.374. The van der Waals surface area contributed by atoms with Crippen molar-refractivity contribution >= 4 is 16.9 Å². The van der Waals surface area contributed by atoms with Gasteiger partial charge < -0.3 is 23.8 Å². The first-order valence-electron chi connectivity index (χ1n) is 8.26. The number of hydrogen-bond donors (Lipinski definition) is 0. The first kappa shape index (κ1) is 18.4. The third-order valence-corrected chi connectivity index (χ3v) is 3.97. The number of hydrogen-bond acceptors (Lipinski definition) is 6. The van der Waals surface area contributed by atoms with Crippen LogP contribution in [0.2, 0.25) is 0 Å². The van der Waals surface area contributed by atoms with E-state index in [1.165, 1.54) is 31.2 Å². The number of carboxylic acid groups (broad SMARTS) is 1. The van der Waals surface area contributed by atoms with Gasteiger partial charge in [-0.3, -0.25) is 4.79 Å². The Morgan fingerprint density at radius 1 is 1.22 bits per heavy atom. The number of carbonyl (C=O) groups is 1. The summed E-state index contributed by atoms with van der Waals surface area (Å²) in [6, 6.07) is 8.75. The molecule has 1 aromatic heterocycles. The zero-order chi connectivity index (χ0) is 19.6. The molecule has 2 aromatic carbocycles. The lowest BCUT2D eigenvalue weighted by Crippen LogP contribution is -2.29. The minimum atomic E-state index is -1.36. The molecule has 0 radical (unpaired) electrons. The molecule has 0 unspecified atom stereocenters. The Labute approximate surface area is 153 Å². The zero-order valence-corrected chi connectivity index (χ0v) is 14.7. The van der Waals surface area contributed by atoms with E-state index in [2.05, 4.69) is 0 Å². The van der Waals surface area contributed by atoms with Gasteiger partial charge in [-0.15, -0.1) is 0 Å². The lowest BCUT2D eigenvalue weighted by atomic mass is 10.1. The van der Waals surface area contributed by atoms with E-state index in [-0.39, 0.29) is 28.2 Å². The molecule has 0 aliphatic carbocycles. The summed E-state index contributed by atoms with van der Waals surface area (Å²) in [5.74, 6) is -1.71.